The van der Waals surface area contributed by atoms with E-state index in [0.29, 0.717) is 23.4 Å². The largest absolute Gasteiger partial charge is 0.463 e. The van der Waals surface area contributed by atoms with Gasteiger partial charge in [-0.2, -0.15) is 9.97 Å². The first-order valence-electron chi connectivity index (χ1n) is 9.64. The van der Waals surface area contributed by atoms with Crippen LogP contribution in [-0.4, -0.2) is 45.2 Å². The maximum Gasteiger partial charge on any atom is 0.306 e. The number of hydrogen-bond donors (Lipinski definition) is 2. The average molecular weight is 390 g/mol. The number of nitrogens with two attached hydrogens (primary N) is 1. The smallest absolute Gasteiger partial charge is 0.306 e. The van der Waals surface area contributed by atoms with Crippen LogP contribution in [0, 0.1) is 17.3 Å². The maximum absolute atomic E-state index is 11.9. The van der Waals surface area contributed by atoms with Crippen LogP contribution in [0.25, 0.3) is 11.2 Å². The van der Waals surface area contributed by atoms with E-state index in [1.165, 1.54) is 0 Å². The first kappa shape index (κ1) is 20.3. The first-order chi connectivity index (χ1) is 13.1. The van der Waals surface area contributed by atoms with Gasteiger partial charge < -0.3 is 20.5 Å². The number of carbonyl (C=O) groups excluding carboxylic acids is 1. The van der Waals surface area contributed by atoms with Gasteiger partial charge in [0.15, 0.2) is 17.0 Å². The molecular formula is C19H30N6O3. The van der Waals surface area contributed by atoms with Gasteiger partial charge in [-0.3, -0.25) is 9.36 Å². The topological polar surface area (TPSA) is 117 Å². The van der Waals surface area contributed by atoms with E-state index in [0.717, 1.165) is 0 Å². The van der Waals surface area contributed by atoms with E-state index in [4.69, 9.17) is 15.2 Å². The van der Waals surface area contributed by atoms with Gasteiger partial charge in [-0.15, -0.1) is 0 Å². The lowest BCUT2D eigenvalue weighted by molar-refractivity contribution is -0.150. The van der Waals surface area contributed by atoms with Crippen molar-refractivity contribution in [2.75, 3.05) is 24.7 Å². The Morgan fingerprint density at radius 1 is 1.43 bits per heavy atom. The van der Waals surface area contributed by atoms with Gasteiger partial charge in [0.2, 0.25) is 5.95 Å². The second kappa shape index (κ2) is 7.54. The lowest BCUT2D eigenvalue weighted by atomic mass is 9.78. The molecule has 1 aliphatic rings. The normalized spacial score (nSPS) is 24.0. The number of nitrogen functional groups attached to an aromatic ring is 1. The second-order valence-corrected chi connectivity index (χ2v) is 8.42. The van der Waals surface area contributed by atoms with E-state index in [-0.39, 0.29) is 48.1 Å². The van der Waals surface area contributed by atoms with Crippen molar-refractivity contribution in [3.8, 4) is 0 Å². The zero-order valence-corrected chi connectivity index (χ0v) is 17.4. The fourth-order valence-electron chi connectivity index (χ4n) is 3.62. The fraction of sp³-hybridized carbons (Fsp3) is 0.684. The number of aromatic nitrogens is 4. The van der Waals surface area contributed by atoms with E-state index >= 15 is 0 Å². The molecule has 1 aliphatic heterocycles. The van der Waals surface area contributed by atoms with Crippen molar-refractivity contribution in [3.63, 3.8) is 0 Å². The van der Waals surface area contributed by atoms with E-state index in [1.54, 1.807) is 13.4 Å². The molecule has 0 radical (unpaired) electrons. The highest BCUT2D eigenvalue weighted by atomic mass is 16.6. The molecular weight excluding hydrogens is 360 g/mol. The van der Waals surface area contributed by atoms with Crippen molar-refractivity contribution in [1.82, 2.24) is 19.5 Å². The van der Waals surface area contributed by atoms with E-state index in [2.05, 4.69) is 41.0 Å². The third-order valence-electron chi connectivity index (χ3n) is 5.58. The molecule has 9 heteroatoms. The molecule has 9 nitrogen and oxygen atoms in total. The molecule has 1 fully saturated rings. The number of esters is 1. The van der Waals surface area contributed by atoms with Gasteiger partial charge in [0.05, 0.1) is 12.4 Å². The highest BCUT2D eigenvalue weighted by Crippen LogP contribution is 2.49. The highest BCUT2D eigenvalue weighted by molar-refractivity contribution is 5.84. The second-order valence-electron chi connectivity index (χ2n) is 8.42. The Bertz CT molecular complexity index is 863. The number of imidazole rings is 1. The van der Waals surface area contributed by atoms with Crippen molar-refractivity contribution < 1.29 is 14.3 Å². The van der Waals surface area contributed by atoms with Gasteiger partial charge >= 0.3 is 5.97 Å². The summed E-state index contributed by atoms with van der Waals surface area (Å²) in [4.78, 5) is 24.9. The predicted molar refractivity (Wildman–Crippen MR) is 107 cm³/mol. The first-order valence-corrected chi connectivity index (χ1v) is 9.64. The molecule has 0 bridgehead atoms. The third kappa shape index (κ3) is 3.63. The summed E-state index contributed by atoms with van der Waals surface area (Å²) in [7, 11) is 1.76. The number of ether oxygens (including phenoxy) is 2. The monoisotopic (exact) mass is 390 g/mol. The van der Waals surface area contributed by atoms with Crippen molar-refractivity contribution in [2.45, 2.75) is 53.4 Å². The number of carbonyl (C=O) groups is 1. The van der Waals surface area contributed by atoms with Crippen molar-refractivity contribution in [3.05, 3.63) is 6.33 Å². The van der Waals surface area contributed by atoms with Crippen LogP contribution in [0.5, 0.6) is 0 Å². The Balaban J connectivity index is 1.86. The molecule has 1 saturated heterocycles. The van der Waals surface area contributed by atoms with Gasteiger partial charge in [-0.25, -0.2) is 4.98 Å². The Hall–Kier alpha value is -2.42. The van der Waals surface area contributed by atoms with Crippen LogP contribution in [0.2, 0.25) is 0 Å². The maximum atomic E-state index is 11.9. The molecule has 154 valence electrons. The fourth-order valence-corrected chi connectivity index (χ4v) is 3.62. The van der Waals surface area contributed by atoms with Gasteiger partial charge in [0.25, 0.3) is 0 Å². The molecule has 3 N–H and O–H groups in total. The van der Waals surface area contributed by atoms with E-state index < -0.39 is 0 Å². The predicted octanol–water partition coefficient (Wildman–Crippen LogP) is 2.60. The van der Waals surface area contributed by atoms with Crippen molar-refractivity contribution in [1.29, 1.82) is 0 Å². The molecule has 28 heavy (non-hydrogen) atoms. The third-order valence-corrected chi connectivity index (χ3v) is 5.58. The lowest BCUT2D eigenvalue weighted by Gasteiger charge is -2.29. The zero-order chi connectivity index (χ0) is 20.6. The highest BCUT2D eigenvalue weighted by Gasteiger charge is 2.49. The summed E-state index contributed by atoms with van der Waals surface area (Å²) in [6, 6.07) is 0. The molecule has 0 unspecified atom stereocenters. The van der Waals surface area contributed by atoms with Crippen molar-refractivity contribution in [2.24, 2.45) is 17.3 Å². The van der Waals surface area contributed by atoms with Gasteiger partial charge in [0, 0.05) is 18.9 Å². The summed E-state index contributed by atoms with van der Waals surface area (Å²) in [5.41, 5.74) is 6.88. The molecule has 3 rings (SSSR count). The Kier molecular flexibility index (Phi) is 5.47. The number of hydrogen-bond acceptors (Lipinski definition) is 8. The molecule has 0 saturated carbocycles. The molecule has 3 atom stereocenters. The standard InChI is InChI=1S/C19H30N6O3/c1-10(2)7-13(26)27-8-12-11(3)19(4,5)17(28-12)25-9-22-14-15(21-6)23-18(20)24-16(14)25/h9-12,17H,7-8H2,1-6H3,(H3,20,21,23,24)/t11-,12-,17-/m1/s1. The molecule has 0 spiro atoms. The number of anilines is 2. The molecule has 3 heterocycles. The van der Waals surface area contributed by atoms with Gasteiger partial charge in [0.1, 0.15) is 12.8 Å². The number of nitrogens with one attached hydrogen (secondary N) is 1. The minimum Gasteiger partial charge on any atom is -0.463 e. The van der Waals surface area contributed by atoms with Crippen LogP contribution >= 0.6 is 0 Å². The summed E-state index contributed by atoms with van der Waals surface area (Å²) in [5.74, 6) is 0.970. The summed E-state index contributed by atoms with van der Waals surface area (Å²) in [6.45, 7) is 10.6. The lowest BCUT2D eigenvalue weighted by Crippen LogP contribution is -2.29. The van der Waals surface area contributed by atoms with Crippen LogP contribution in [0.15, 0.2) is 6.33 Å². The molecule has 2 aromatic rings. The van der Waals surface area contributed by atoms with E-state index in [1.807, 2.05) is 18.4 Å². The zero-order valence-electron chi connectivity index (χ0n) is 17.4. The van der Waals surface area contributed by atoms with Crippen LogP contribution in [0.3, 0.4) is 0 Å². The molecule has 0 amide bonds. The Morgan fingerprint density at radius 3 is 2.79 bits per heavy atom. The summed E-state index contributed by atoms with van der Waals surface area (Å²) in [6.07, 6.45) is 1.58. The molecule has 2 aromatic heterocycles. The van der Waals surface area contributed by atoms with Crippen LogP contribution in [0.4, 0.5) is 11.8 Å². The summed E-state index contributed by atoms with van der Waals surface area (Å²) < 4.78 is 13.7. The minimum absolute atomic E-state index is 0.157. The number of nitrogens with zero attached hydrogens (tertiary/aromatic N) is 4. The van der Waals surface area contributed by atoms with Gasteiger partial charge in [-0.05, 0) is 11.8 Å². The average Bonchev–Trinajstić information content (AvgIpc) is 3.11. The number of rotatable bonds is 6. The Labute approximate surface area is 165 Å². The van der Waals surface area contributed by atoms with Crippen LogP contribution < -0.4 is 11.1 Å². The summed E-state index contributed by atoms with van der Waals surface area (Å²) >= 11 is 0. The van der Waals surface area contributed by atoms with Crippen molar-refractivity contribution >= 4 is 28.9 Å². The number of fused-ring (bicyclic) bond motifs is 1. The SMILES string of the molecule is CNc1nc(N)nc2c1ncn2[C@@H]1O[C@H](COC(=O)CC(C)C)[C@@H](C)C1(C)C. The molecule has 0 aromatic carbocycles. The van der Waals surface area contributed by atoms with Gasteiger partial charge in [-0.1, -0.05) is 34.6 Å². The Morgan fingerprint density at radius 2 is 2.14 bits per heavy atom. The van der Waals surface area contributed by atoms with Crippen LogP contribution in [0.1, 0.15) is 47.3 Å². The molecule has 0 aliphatic carbocycles. The summed E-state index contributed by atoms with van der Waals surface area (Å²) in [5, 5.41) is 3.00. The minimum atomic E-state index is -0.319. The van der Waals surface area contributed by atoms with Crippen LogP contribution in [-0.2, 0) is 14.3 Å². The van der Waals surface area contributed by atoms with E-state index in [9.17, 15) is 4.79 Å². The quantitative estimate of drug-likeness (QED) is 0.723.